The van der Waals surface area contributed by atoms with E-state index in [4.69, 9.17) is 27.9 Å². The van der Waals surface area contributed by atoms with Crippen LogP contribution >= 0.6 is 47.4 Å². The van der Waals surface area contributed by atoms with Crippen LogP contribution in [0.4, 0.5) is 0 Å². The predicted molar refractivity (Wildman–Crippen MR) is 112 cm³/mol. The van der Waals surface area contributed by atoms with E-state index in [1.165, 1.54) is 11.3 Å². The maximum atomic E-state index is 12.4. The monoisotopic (exact) mass is 428 g/mol. The van der Waals surface area contributed by atoms with Gasteiger partial charge in [-0.05, 0) is 31.2 Å². The van der Waals surface area contributed by atoms with Gasteiger partial charge in [0.2, 0.25) is 5.78 Å². The molecule has 0 bridgehead atoms. The number of ketones is 1. The molecule has 4 nitrogen and oxygen atoms in total. The van der Waals surface area contributed by atoms with E-state index in [1.54, 1.807) is 18.2 Å². The van der Waals surface area contributed by atoms with E-state index in [2.05, 4.69) is 17.8 Å². The molecule has 1 fully saturated rings. The molecule has 1 N–H and O–H groups in total. The molecule has 0 radical (unpaired) electrons. The number of nitrogens with zero attached hydrogens (tertiary/aromatic N) is 1. The first kappa shape index (κ1) is 19.7. The molecule has 1 aromatic carbocycles. The molecule has 0 unspecified atom stereocenters. The second-order valence-electron chi connectivity index (χ2n) is 5.84. The number of benzene rings is 1. The summed E-state index contributed by atoms with van der Waals surface area (Å²) in [6.07, 6.45) is 0. The summed E-state index contributed by atoms with van der Waals surface area (Å²) in [4.78, 5) is 17.3. The van der Waals surface area contributed by atoms with Crippen LogP contribution in [0.1, 0.15) is 20.9 Å². The van der Waals surface area contributed by atoms with Crippen LogP contribution in [-0.2, 0) is 4.74 Å². The highest BCUT2D eigenvalue weighted by Crippen LogP contribution is 2.31. The fraction of sp³-hybridized carbons (Fsp3) is 0.278. The van der Waals surface area contributed by atoms with Crippen molar-refractivity contribution in [3.05, 3.63) is 56.5 Å². The van der Waals surface area contributed by atoms with Crippen LogP contribution in [0, 0.1) is 6.92 Å². The van der Waals surface area contributed by atoms with Gasteiger partial charge in [-0.15, -0.1) is 11.3 Å². The van der Waals surface area contributed by atoms with E-state index in [9.17, 15) is 4.79 Å². The van der Waals surface area contributed by atoms with Crippen LogP contribution in [0.15, 0.2) is 30.3 Å². The number of fused-ring (bicyclic) bond motifs is 1. The number of H-pyrrole nitrogens is 1. The number of hydrogen-bond acceptors (Lipinski definition) is 5. The van der Waals surface area contributed by atoms with Crippen molar-refractivity contribution < 1.29 is 9.53 Å². The molecule has 26 heavy (non-hydrogen) atoms. The van der Waals surface area contributed by atoms with Crippen molar-refractivity contribution in [1.29, 1.82) is 0 Å². The number of thiol groups is 1. The molecule has 1 aliphatic heterocycles. The Morgan fingerprint density at radius 3 is 2.62 bits per heavy atom. The first-order valence-corrected chi connectivity index (χ1v) is 10.0. The maximum Gasteiger partial charge on any atom is 0.204 e. The van der Waals surface area contributed by atoms with Gasteiger partial charge in [-0.1, -0.05) is 42.1 Å². The van der Waals surface area contributed by atoms with Gasteiger partial charge in [-0.25, -0.2) is 4.31 Å². The van der Waals surface area contributed by atoms with Gasteiger partial charge in [-0.2, -0.15) is 0 Å². The molecule has 3 heterocycles. The van der Waals surface area contributed by atoms with Crippen molar-refractivity contribution in [1.82, 2.24) is 9.29 Å². The van der Waals surface area contributed by atoms with Crippen molar-refractivity contribution >= 4 is 63.4 Å². The molecular weight excluding hydrogens is 411 g/mol. The lowest BCUT2D eigenvalue weighted by atomic mass is 10.1. The molecule has 1 saturated heterocycles. The third kappa shape index (κ3) is 4.63. The summed E-state index contributed by atoms with van der Waals surface area (Å²) in [6.45, 7) is 5.58. The Bertz CT molecular complexity index is 886. The lowest BCUT2D eigenvalue weighted by Crippen LogP contribution is -2.28. The fourth-order valence-electron chi connectivity index (χ4n) is 2.54. The Balaban J connectivity index is 0.000000236. The van der Waals surface area contributed by atoms with E-state index in [0.29, 0.717) is 20.5 Å². The number of aromatic amines is 1. The second kappa shape index (κ2) is 8.78. The molecule has 4 rings (SSSR count). The molecular formula is C18H18Cl2N2O2S2. The number of morpholine rings is 1. The number of halogens is 2. The van der Waals surface area contributed by atoms with E-state index < -0.39 is 0 Å². The van der Waals surface area contributed by atoms with Gasteiger partial charge in [0.25, 0.3) is 0 Å². The molecule has 0 spiro atoms. The van der Waals surface area contributed by atoms with Gasteiger partial charge in [0, 0.05) is 29.7 Å². The minimum absolute atomic E-state index is 0.0975. The van der Waals surface area contributed by atoms with Crippen LogP contribution in [0.25, 0.3) is 10.2 Å². The number of ether oxygens (including phenoxy) is 1. The highest BCUT2D eigenvalue weighted by atomic mass is 35.5. The third-order valence-corrected chi connectivity index (χ3v) is 6.13. The Hall–Kier alpha value is -1.02. The van der Waals surface area contributed by atoms with Crippen LogP contribution < -0.4 is 0 Å². The molecule has 0 amide bonds. The SMILES string of the molecule is Cc1cc2cc(C(=O)c3cccc(Cl)c3Cl)sc2[nH]1.SN1CCOCC1. The van der Waals surface area contributed by atoms with Crippen molar-refractivity contribution in [2.24, 2.45) is 0 Å². The summed E-state index contributed by atoms with van der Waals surface area (Å²) in [5.74, 6) is -0.0975. The Labute approximate surface area is 171 Å². The fourth-order valence-corrected chi connectivity index (χ4v) is 4.14. The Morgan fingerprint density at radius 1 is 1.27 bits per heavy atom. The zero-order valence-corrected chi connectivity index (χ0v) is 17.3. The number of aryl methyl sites for hydroxylation is 1. The normalized spacial score (nSPS) is 14.9. The molecule has 1 aliphatic rings. The second-order valence-corrected chi connectivity index (χ2v) is 8.25. The lowest BCUT2D eigenvalue weighted by molar-refractivity contribution is 0.0781. The summed E-state index contributed by atoms with van der Waals surface area (Å²) in [5, 5.41) is 1.75. The zero-order chi connectivity index (χ0) is 18.7. The van der Waals surface area contributed by atoms with E-state index in [1.807, 2.05) is 23.4 Å². The van der Waals surface area contributed by atoms with Gasteiger partial charge in [0.15, 0.2) is 0 Å². The van der Waals surface area contributed by atoms with E-state index >= 15 is 0 Å². The number of aromatic nitrogens is 1. The summed E-state index contributed by atoms with van der Waals surface area (Å²) in [6, 6.07) is 8.98. The van der Waals surface area contributed by atoms with Crippen molar-refractivity contribution in [2.45, 2.75) is 6.92 Å². The lowest BCUT2D eigenvalue weighted by Gasteiger charge is -2.19. The average molecular weight is 429 g/mol. The largest absolute Gasteiger partial charge is 0.379 e. The molecule has 2 aromatic heterocycles. The average Bonchev–Trinajstić information content (AvgIpc) is 3.15. The van der Waals surface area contributed by atoms with E-state index in [0.717, 1.165) is 42.2 Å². The van der Waals surface area contributed by atoms with Gasteiger partial charge in [0.1, 0.15) is 4.83 Å². The topological polar surface area (TPSA) is 45.3 Å². The molecule has 8 heteroatoms. The number of rotatable bonds is 2. The van der Waals surface area contributed by atoms with Gasteiger partial charge in [0.05, 0.1) is 28.1 Å². The smallest absolute Gasteiger partial charge is 0.204 e. The quantitative estimate of drug-likeness (QED) is 0.433. The zero-order valence-electron chi connectivity index (χ0n) is 14.1. The molecule has 3 aromatic rings. The highest BCUT2D eigenvalue weighted by molar-refractivity contribution is 7.77. The first-order valence-electron chi connectivity index (χ1n) is 8.05. The van der Waals surface area contributed by atoms with Crippen LogP contribution in [0.3, 0.4) is 0 Å². The summed E-state index contributed by atoms with van der Waals surface area (Å²) in [7, 11) is 0. The Kier molecular flexibility index (Phi) is 6.66. The molecule has 138 valence electrons. The molecule has 0 atom stereocenters. The highest BCUT2D eigenvalue weighted by Gasteiger charge is 2.17. The van der Waals surface area contributed by atoms with Gasteiger partial charge >= 0.3 is 0 Å². The minimum atomic E-state index is -0.0975. The number of nitrogens with one attached hydrogen (secondary N) is 1. The number of carbonyl (C=O) groups excluding carboxylic acids is 1. The summed E-state index contributed by atoms with van der Waals surface area (Å²) in [5.41, 5.74) is 1.52. The number of hydrogen-bond donors (Lipinski definition) is 2. The predicted octanol–water partition coefficient (Wildman–Crippen LogP) is 5.24. The van der Waals surface area contributed by atoms with Crippen molar-refractivity contribution in [3.63, 3.8) is 0 Å². The van der Waals surface area contributed by atoms with Crippen LogP contribution in [0.2, 0.25) is 10.0 Å². The summed E-state index contributed by atoms with van der Waals surface area (Å²) < 4.78 is 7.01. The Morgan fingerprint density at radius 2 is 2.00 bits per heavy atom. The van der Waals surface area contributed by atoms with Crippen LogP contribution in [-0.4, -0.2) is 41.4 Å². The minimum Gasteiger partial charge on any atom is -0.379 e. The molecule has 0 saturated carbocycles. The van der Waals surface area contributed by atoms with Crippen molar-refractivity contribution in [2.75, 3.05) is 26.3 Å². The van der Waals surface area contributed by atoms with Crippen molar-refractivity contribution in [3.8, 4) is 0 Å². The van der Waals surface area contributed by atoms with E-state index in [-0.39, 0.29) is 5.78 Å². The first-order chi connectivity index (χ1) is 12.5. The number of thiophene rings is 1. The standard InChI is InChI=1S/C14H9Cl2NOS.C4H9NOS/c1-7-5-8-6-11(19-14(8)17-7)13(18)9-3-2-4-10(15)12(9)16;7-5-1-3-6-4-2-5/h2-6,17H,1H3;7H,1-4H2. The number of carbonyl (C=O) groups is 1. The summed E-state index contributed by atoms with van der Waals surface area (Å²) >= 11 is 17.6. The molecule has 0 aliphatic carbocycles. The van der Waals surface area contributed by atoms with Gasteiger partial charge < -0.3 is 9.72 Å². The van der Waals surface area contributed by atoms with Gasteiger partial charge in [-0.3, -0.25) is 4.79 Å². The van der Waals surface area contributed by atoms with Crippen LogP contribution in [0.5, 0.6) is 0 Å². The maximum absolute atomic E-state index is 12.4. The third-order valence-electron chi connectivity index (χ3n) is 3.85.